The van der Waals surface area contributed by atoms with Crippen LogP contribution in [-0.4, -0.2) is 56.7 Å². The molecule has 0 aromatic carbocycles. The fourth-order valence-electron chi connectivity index (χ4n) is 3.92. The van der Waals surface area contributed by atoms with Gasteiger partial charge in [-0.1, -0.05) is 0 Å². The summed E-state index contributed by atoms with van der Waals surface area (Å²) in [4.78, 5) is 24.7. The van der Waals surface area contributed by atoms with E-state index < -0.39 is 0 Å². The van der Waals surface area contributed by atoms with Crippen molar-refractivity contribution in [2.75, 3.05) is 31.1 Å². The first-order valence-electron chi connectivity index (χ1n) is 8.96. The molecule has 0 spiro atoms. The van der Waals surface area contributed by atoms with E-state index in [2.05, 4.69) is 30.9 Å². The molecule has 8 nitrogen and oxygen atoms in total. The third kappa shape index (κ3) is 2.28. The van der Waals surface area contributed by atoms with E-state index in [0.29, 0.717) is 27.9 Å². The van der Waals surface area contributed by atoms with Crippen molar-refractivity contribution in [3.63, 3.8) is 0 Å². The molecule has 0 bridgehead atoms. The molecule has 1 aliphatic heterocycles. The lowest BCUT2D eigenvalue weighted by atomic mass is 10.1. The Bertz CT molecular complexity index is 1110. The van der Waals surface area contributed by atoms with Crippen molar-refractivity contribution in [1.29, 1.82) is 5.26 Å². The fourth-order valence-corrected chi connectivity index (χ4v) is 3.92. The number of anilines is 1. The quantitative estimate of drug-likeness (QED) is 0.743. The highest BCUT2D eigenvalue weighted by molar-refractivity contribution is 5.89. The van der Waals surface area contributed by atoms with Crippen molar-refractivity contribution < 1.29 is 0 Å². The molecule has 0 amide bonds. The number of aromatic amines is 1. The van der Waals surface area contributed by atoms with Crippen molar-refractivity contribution in [2.45, 2.75) is 25.8 Å². The average molecular weight is 349 g/mol. The smallest absolute Gasteiger partial charge is 0.260 e. The predicted octanol–water partition coefficient (Wildman–Crippen LogP) is 1.04. The highest BCUT2D eigenvalue weighted by Crippen LogP contribution is 2.30. The highest BCUT2D eigenvalue weighted by atomic mass is 16.1. The van der Waals surface area contributed by atoms with Crippen LogP contribution in [0.15, 0.2) is 17.1 Å². The number of aromatic nitrogens is 4. The first kappa shape index (κ1) is 15.3. The summed E-state index contributed by atoms with van der Waals surface area (Å²) >= 11 is 0. The summed E-state index contributed by atoms with van der Waals surface area (Å²) in [6, 6.07) is 4.77. The van der Waals surface area contributed by atoms with E-state index in [4.69, 9.17) is 0 Å². The van der Waals surface area contributed by atoms with Crippen LogP contribution in [0.1, 0.15) is 24.1 Å². The van der Waals surface area contributed by atoms with Crippen LogP contribution in [0.4, 0.5) is 5.82 Å². The molecular formula is C18H19N7O. The maximum absolute atomic E-state index is 12.7. The molecule has 3 aromatic heterocycles. The average Bonchev–Trinajstić information content (AvgIpc) is 3.43. The molecular weight excluding hydrogens is 330 g/mol. The van der Waals surface area contributed by atoms with Gasteiger partial charge >= 0.3 is 0 Å². The highest BCUT2D eigenvalue weighted by Gasteiger charge is 2.32. The molecule has 132 valence electrons. The van der Waals surface area contributed by atoms with Crippen LogP contribution in [0, 0.1) is 18.3 Å². The Morgan fingerprint density at radius 3 is 2.73 bits per heavy atom. The lowest BCUT2D eigenvalue weighted by Crippen LogP contribution is -2.47. The van der Waals surface area contributed by atoms with E-state index in [-0.39, 0.29) is 5.56 Å². The zero-order valence-electron chi connectivity index (χ0n) is 14.6. The Balaban J connectivity index is 1.63. The molecule has 2 fully saturated rings. The first-order chi connectivity index (χ1) is 12.7. The number of fused-ring (bicyclic) bond motifs is 3. The number of pyridine rings is 1. The van der Waals surface area contributed by atoms with Gasteiger partial charge in [-0.3, -0.25) is 9.69 Å². The summed E-state index contributed by atoms with van der Waals surface area (Å²) in [5.74, 6) is 0.601. The molecule has 1 saturated heterocycles. The van der Waals surface area contributed by atoms with Crippen molar-refractivity contribution in [1.82, 2.24) is 24.5 Å². The largest absolute Gasteiger partial charge is 0.353 e. The van der Waals surface area contributed by atoms with E-state index in [1.165, 1.54) is 12.8 Å². The molecule has 2 aliphatic rings. The molecule has 3 aromatic rings. The minimum atomic E-state index is -0.274. The van der Waals surface area contributed by atoms with Gasteiger partial charge in [0.2, 0.25) is 0 Å². The van der Waals surface area contributed by atoms with Gasteiger partial charge in [0.05, 0.1) is 22.8 Å². The standard InChI is InChI=1S/C18H19N7O/c1-11-8-15-21-18(26)16-13(9-19)17(20-10-14(16)25(15)22-11)24-6-4-23(5-7-24)12-2-3-12/h8,10,12H,2-7H2,1H3,(H,21,26). The minimum Gasteiger partial charge on any atom is -0.353 e. The molecule has 0 radical (unpaired) electrons. The van der Waals surface area contributed by atoms with Crippen LogP contribution in [0.3, 0.4) is 0 Å². The van der Waals surface area contributed by atoms with Crippen LogP contribution in [0.25, 0.3) is 16.6 Å². The number of hydrogen-bond acceptors (Lipinski definition) is 6. The van der Waals surface area contributed by atoms with Gasteiger partial charge in [0.1, 0.15) is 23.1 Å². The zero-order chi connectivity index (χ0) is 17.8. The van der Waals surface area contributed by atoms with Crippen molar-refractivity contribution in [3.8, 4) is 6.07 Å². The number of piperazine rings is 1. The molecule has 1 saturated carbocycles. The molecule has 26 heavy (non-hydrogen) atoms. The zero-order valence-corrected chi connectivity index (χ0v) is 14.6. The van der Waals surface area contributed by atoms with Gasteiger partial charge < -0.3 is 9.88 Å². The second-order valence-corrected chi connectivity index (χ2v) is 7.12. The molecule has 1 N–H and O–H groups in total. The lowest BCUT2D eigenvalue weighted by Gasteiger charge is -2.35. The third-order valence-electron chi connectivity index (χ3n) is 5.36. The number of hydrogen-bond donors (Lipinski definition) is 1. The Kier molecular flexibility index (Phi) is 3.27. The minimum absolute atomic E-state index is 0.274. The maximum atomic E-state index is 12.7. The summed E-state index contributed by atoms with van der Waals surface area (Å²) in [6.45, 7) is 5.46. The van der Waals surface area contributed by atoms with Gasteiger partial charge in [-0.15, -0.1) is 0 Å². The molecule has 4 heterocycles. The van der Waals surface area contributed by atoms with E-state index in [9.17, 15) is 10.1 Å². The summed E-state index contributed by atoms with van der Waals surface area (Å²) in [6.07, 6.45) is 4.26. The molecule has 0 atom stereocenters. The van der Waals surface area contributed by atoms with Crippen LogP contribution in [-0.2, 0) is 0 Å². The van der Waals surface area contributed by atoms with Gasteiger partial charge in [0.15, 0.2) is 0 Å². The maximum Gasteiger partial charge on any atom is 0.260 e. The Morgan fingerprint density at radius 2 is 2.04 bits per heavy atom. The van der Waals surface area contributed by atoms with Crippen LogP contribution in [0.2, 0.25) is 0 Å². The van der Waals surface area contributed by atoms with Gasteiger partial charge in [0, 0.05) is 38.3 Å². The van der Waals surface area contributed by atoms with Gasteiger partial charge in [-0.05, 0) is 19.8 Å². The number of rotatable bonds is 2. The molecule has 5 rings (SSSR count). The van der Waals surface area contributed by atoms with E-state index in [0.717, 1.165) is 37.9 Å². The monoisotopic (exact) mass is 349 g/mol. The Morgan fingerprint density at radius 1 is 1.27 bits per heavy atom. The topological polar surface area (TPSA) is 93.3 Å². The Hall–Kier alpha value is -2.92. The van der Waals surface area contributed by atoms with E-state index in [1.54, 1.807) is 16.8 Å². The number of nitrogens with zero attached hydrogens (tertiary/aromatic N) is 6. The fraction of sp³-hybridized carbons (Fsp3) is 0.444. The second-order valence-electron chi connectivity index (χ2n) is 7.12. The van der Waals surface area contributed by atoms with Crippen molar-refractivity contribution in [2.24, 2.45) is 0 Å². The second kappa shape index (κ2) is 5.54. The molecule has 0 unspecified atom stereocenters. The van der Waals surface area contributed by atoms with Crippen LogP contribution in [0.5, 0.6) is 0 Å². The van der Waals surface area contributed by atoms with E-state index >= 15 is 0 Å². The summed E-state index contributed by atoms with van der Waals surface area (Å²) in [7, 11) is 0. The van der Waals surface area contributed by atoms with Gasteiger partial charge in [-0.25, -0.2) is 9.50 Å². The number of nitrogens with one attached hydrogen (secondary N) is 1. The van der Waals surface area contributed by atoms with Crippen molar-refractivity contribution in [3.05, 3.63) is 33.9 Å². The molecule has 8 heteroatoms. The number of nitriles is 1. The summed E-state index contributed by atoms with van der Waals surface area (Å²) in [5, 5.41) is 14.6. The lowest BCUT2D eigenvalue weighted by molar-refractivity contribution is 0.247. The predicted molar refractivity (Wildman–Crippen MR) is 97.4 cm³/mol. The van der Waals surface area contributed by atoms with Gasteiger partial charge in [0.25, 0.3) is 5.56 Å². The number of aryl methyl sites for hydroxylation is 1. The number of H-pyrrole nitrogens is 1. The summed E-state index contributed by atoms with van der Waals surface area (Å²) in [5.41, 5.74) is 2.03. The SMILES string of the molecule is Cc1cc2[nH]c(=O)c3c(C#N)c(N4CCN(C5CC5)CC4)ncc3n2n1. The first-order valence-corrected chi connectivity index (χ1v) is 8.96. The van der Waals surface area contributed by atoms with E-state index in [1.807, 2.05) is 6.92 Å². The molecule has 1 aliphatic carbocycles. The van der Waals surface area contributed by atoms with Gasteiger partial charge in [-0.2, -0.15) is 10.4 Å². The van der Waals surface area contributed by atoms with Crippen LogP contribution >= 0.6 is 0 Å². The van der Waals surface area contributed by atoms with Crippen molar-refractivity contribution >= 4 is 22.4 Å². The van der Waals surface area contributed by atoms with Crippen LogP contribution < -0.4 is 10.5 Å². The summed E-state index contributed by atoms with van der Waals surface area (Å²) < 4.78 is 1.65. The third-order valence-corrected chi connectivity index (χ3v) is 5.36. The normalized spacial score (nSPS) is 18.5. The Labute approximate surface area is 149 Å².